The maximum Gasteiger partial charge on any atom is 0.340 e. The molecule has 1 saturated carbocycles. The fourth-order valence-corrected chi connectivity index (χ4v) is 2.32. The second-order valence-corrected chi connectivity index (χ2v) is 5.40. The van der Waals surface area contributed by atoms with Crippen molar-refractivity contribution in [3.05, 3.63) is 0 Å². The van der Waals surface area contributed by atoms with Crippen molar-refractivity contribution in [1.82, 2.24) is 0 Å². The summed E-state index contributed by atoms with van der Waals surface area (Å²) in [5, 5.41) is 0. The highest BCUT2D eigenvalue weighted by Crippen LogP contribution is 2.36. The van der Waals surface area contributed by atoms with Crippen molar-refractivity contribution in [2.75, 3.05) is 13.2 Å². The van der Waals surface area contributed by atoms with Crippen LogP contribution < -0.4 is 0 Å². The number of hydrogen-bond donors (Lipinski definition) is 0. The highest BCUT2D eigenvalue weighted by atomic mass is 16.6. The second-order valence-electron chi connectivity index (χ2n) is 5.40. The molecule has 0 aromatic carbocycles. The van der Waals surface area contributed by atoms with Gasteiger partial charge in [0.1, 0.15) is 0 Å². The quantitative estimate of drug-likeness (QED) is 0.353. The van der Waals surface area contributed by atoms with E-state index in [-0.39, 0.29) is 5.97 Å². The first-order valence-corrected chi connectivity index (χ1v) is 7.08. The molecule has 0 spiro atoms. The van der Waals surface area contributed by atoms with Crippen LogP contribution in [0.5, 0.6) is 0 Å². The lowest BCUT2D eigenvalue weighted by molar-refractivity contribution is -0.149. The van der Waals surface area contributed by atoms with E-state index in [2.05, 4.69) is 0 Å². The Hall–Kier alpha value is -0.570. The topological polar surface area (TPSA) is 38.8 Å². The number of rotatable bonds is 9. The minimum Gasteiger partial charge on any atom is -0.464 e. The SMILES string of the molecule is CCOC(=O)C1(CCCCCCC2CC2)CO1. The Labute approximate surface area is 104 Å². The minimum atomic E-state index is -0.549. The van der Waals surface area contributed by atoms with Crippen LogP contribution in [-0.2, 0) is 14.3 Å². The van der Waals surface area contributed by atoms with Crippen LogP contribution in [0.2, 0.25) is 0 Å². The van der Waals surface area contributed by atoms with Gasteiger partial charge in [0.25, 0.3) is 0 Å². The molecular weight excluding hydrogens is 216 g/mol. The largest absolute Gasteiger partial charge is 0.464 e. The van der Waals surface area contributed by atoms with Gasteiger partial charge >= 0.3 is 5.97 Å². The fourth-order valence-electron chi connectivity index (χ4n) is 2.32. The normalized spacial score (nSPS) is 26.9. The molecule has 3 heteroatoms. The van der Waals surface area contributed by atoms with Gasteiger partial charge in [-0.2, -0.15) is 0 Å². The smallest absolute Gasteiger partial charge is 0.340 e. The van der Waals surface area contributed by atoms with Crippen LogP contribution in [0.4, 0.5) is 0 Å². The van der Waals surface area contributed by atoms with Crippen molar-refractivity contribution >= 4 is 5.97 Å². The third-order valence-electron chi connectivity index (χ3n) is 3.78. The van der Waals surface area contributed by atoms with Crippen molar-refractivity contribution < 1.29 is 14.3 Å². The molecule has 1 atom stereocenters. The van der Waals surface area contributed by atoms with Crippen LogP contribution >= 0.6 is 0 Å². The van der Waals surface area contributed by atoms with Crippen LogP contribution in [0, 0.1) is 5.92 Å². The van der Waals surface area contributed by atoms with Crippen molar-refractivity contribution in [3.63, 3.8) is 0 Å². The van der Waals surface area contributed by atoms with Crippen molar-refractivity contribution in [3.8, 4) is 0 Å². The molecule has 2 rings (SSSR count). The summed E-state index contributed by atoms with van der Waals surface area (Å²) in [6, 6.07) is 0. The summed E-state index contributed by atoms with van der Waals surface area (Å²) in [6.07, 6.45) is 10.1. The van der Waals surface area contributed by atoms with Gasteiger partial charge < -0.3 is 9.47 Å². The molecular formula is C14H24O3. The fraction of sp³-hybridized carbons (Fsp3) is 0.929. The minimum absolute atomic E-state index is 0.155. The monoisotopic (exact) mass is 240 g/mol. The molecule has 1 aliphatic heterocycles. The zero-order valence-electron chi connectivity index (χ0n) is 10.9. The zero-order valence-corrected chi connectivity index (χ0v) is 10.9. The van der Waals surface area contributed by atoms with E-state index in [1.165, 1.54) is 38.5 Å². The molecule has 3 nitrogen and oxygen atoms in total. The van der Waals surface area contributed by atoms with E-state index in [0.717, 1.165) is 18.8 Å². The van der Waals surface area contributed by atoms with Crippen LogP contribution in [0.3, 0.4) is 0 Å². The average Bonchev–Trinajstić information content (AvgIpc) is 3.18. The highest BCUT2D eigenvalue weighted by molar-refractivity contribution is 5.82. The van der Waals surface area contributed by atoms with Crippen molar-refractivity contribution in [2.45, 2.75) is 63.9 Å². The van der Waals surface area contributed by atoms with Gasteiger partial charge in [0, 0.05) is 0 Å². The van der Waals surface area contributed by atoms with E-state index in [4.69, 9.17) is 9.47 Å². The molecule has 0 aromatic heterocycles. The molecule has 0 N–H and O–H groups in total. The summed E-state index contributed by atoms with van der Waals surface area (Å²) >= 11 is 0. The predicted molar refractivity (Wildman–Crippen MR) is 65.7 cm³/mol. The lowest BCUT2D eigenvalue weighted by atomic mass is 10.0. The standard InChI is InChI=1S/C14H24O3/c1-2-16-13(15)14(11-17-14)10-6-4-3-5-7-12-8-9-12/h12H,2-11H2,1H3. The second kappa shape index (κ2) is 5.85. The summed E-state index contributed by atoms with van der Waals surface area (Å²) in [7, 11) is 0. The number of epoxide rings is 1. The van der Waals surface area contributed by atoms with E-state index in [0.29, 0.717) is 13.2 Å². The Morgan fingerprint density at radius 1 is 1.29 bits per heavy atom. The van der Waals surface area contributed by atoms with Gasteiger partial charge in [-0.25, -0.2) is 4.79 Å². The van der Waals surface area contributed by atoms with Crippen LogP contribution in [0.15, 0.2) is 0 Å². The van der Waals surface area contributed by atoms with E-state index in [1.54, 1.807) is 0 Å². The van der Waals surface area contributed by atoms with Crippen LogP contribution in [-0.4, -0.2) is 24.8 Å². The Kier molecular flexibility index (Phi) is 4.43. The first-order valence-electron chi connectivity index (χ1n) is 7.08. The van der Waals surface area contributed by atoms with Gasteiger partial charge in [-0.15, -0.1) is 0 Å². The molecule has 1 aliphatic carbocycles. The maximum absolute atomic E-state index is 11.6. The van der Waals surface area contributed by atoms with Crippen LogP contribution in [0.25, 0.3) is 0 Å². The predicted octanol–water partition coefficient (Wildman–Crippen LogP) is 3.07. The number of ether oxygens (including phenoxy) is 2. The first kappa shape index (κ1) is 12.9. The van der Waals surface area contributed by atoms with E-state index >= 15 is 0 Å². The lowest BCUT2D eigenvalue weighted by Gasteiger charge is -2.10. The molecule has 0 amide bonds. The molecule has 1 heterocycles. The van der Waals surface area contributed by atoms with Crippen molar-refractivity contribution in [2.24, 2.45) is 5.92 Å². The first-order chi connectivity index (χ1) is 8.27. The molecule has 1 saturated heterocycles. The van der Waals surface area contributed by atoms with Gasteiger partial charge in [-0.05, 0) is 25.7 Å². The molecule has 0 aromatic rings. The molecule has 0 bridgehead atoms. The Morgan fingerprint density at radius 3 is 2.59 bits per heavy atom. The molecule has 17 heavy (non-hydrogen) atoms. The highest BCUT2D eigenvalue weighted by Gasteiger charge is 2.52. The summed E-state index contributed by atoms with van der Waals surface area (Å²) in [6.45, 7) is 2.85. The Bertz CT molecular complexity index is 254. The molecule has 1 unspecified atom stereocenters. The van der Waals surface area contributed by atoms with Gasteiger partial charge in [0.15, 0.2) is 5.60 Å². The zero-order chi connectivity index (χ0) is 12.1. The number of carbonyl (C=O) groups excluding carboxylic acids is 1. The Balaban J connectivity index is 1.50. The van der Waals surface area contributed by atoms with E-state index in [9.17, 15) is 4.79 Å². The van der Waals surface area contributed by atoms with E-state index < -0.39 is 5.60 Å². The Morgan fingerprint density at radius 2 is 2.00 bits per heavy atom. The third-order valence-corrected chi connectivity index (χ3v) is 3.78. The van der Waals surface area contributed by atoms with E-state index in [1.807, 2.05) is 6.92 Å². The molecule has 0 radical (unpaired) electrons. The van der Waals surface area contributed by atoms with Gasteiger partial charge in [0.2, 0.25) is 0 Å². The van der Waals surface area contributed by atoms with Crippen LogP contribution in [0.1, 0.15) is 58.3 Å². The number of carbonyl (C=O) groups is 1. The van der Waals surface area contributed by atoms with Crippen molar-refractivity contribution in [1.29, 1.82) is 0 Å². The van der Waals surface area contributed by atoms with Gasteiger partial charge in [0.05, 0.1) is 13.2 Å². The molecule has 98 valence electrons. The molecule has 2 fully saturated rings. The third kappa shape index (κ3) is 3.98. The summed E-state index contributed by atoms with van der Waals surface area (Å²) in [5.74, 6) is 0.894. The maximum atomic E-state index is 11.6. The lowest BCUT2D eigenvalue weighted by Crippen LogP contribution is -2.27. The number of hydrogen-bond acceptors (Lipinski definition) is 3. The molecule has 2 aliphatic rings. The number of unbranched alkanes of at least 4 members (excludes halogenated alkanes) is 3. The summed E-state index contributed by atoms with van der Waals surface area (Å²) in [5.41, 5.74) is -0.549. The van der Waals surface area contributed by atoms with Gasteiger partial charge in [-0.3, -0.25) is 0 Å². The number of esters is 1. The van der Waals surface area contributed by atoms with Gasteiger partial charge in [-0.1, -0.05) is 38.5 Å². The summed E-state index contributed by atoms with van der Waals surface area (Å²) < 4.78 is 10.3. The average molecular weight is 240 g/mol. The summed E-state index contributed by atoms with van der Waals surface area (Å²) in [4.78, 5) is 11.6.